The van der Waals surface area contributed by atoms with Crippen LogP contribution >= 0.6 is 11.5 Å². The van der Waals surface area contributed by atoms with E-state index in [9.17, 15) is 14.4 Å². The molecule has 3 amide bonds. The maximum absolute atomic E-state index is 13.8. The van der Waals surface area contributed by atoms with Gasteiger partial charge in [-0.15, -0.1) is 0 Å². The Balaban J connectivity index is 1.51. The number of piperidine rings is 1. The molecule has 0 radical (unpaired) electrons. The average Bonchev–Trinajstić information content (AvgIpc) is 3.28. The maximum atomic E-state index is 13.8. The fourth-order valence-electron chi connectivity index (χ4n) is 5.30. The van der Waals surface area contributed by atoms with Crippen LogP contribution in [0.3, 0.4) is 0 Å². The van der Waals surface area contributed by atoms with Gasteiger partial charge < -0.3 is 21.7 Å². The summed E-state index contributed by atoms with van der Waals surface area (Å²) in [4.78, 5) is 42.9. The highest BCUT2D eigenvalue weighted by atomic mass is 32.1. The fourth-order valence-corrected chi connectivity index (χ4v) is 6.05. The van der Waals surface area contributed by atoms with Crippen molar-refractivity contribution in [2.45, 2.75) is 76.5 Å². The predicted octanol–water partition coefficient (Wildman–Crippen LogP) is 2.77. The normalized spacial score (nSPS) is 18.5. The Morgan fingerprint density at radius 2 is 1.78 bits per heavy atom. The zero-order chi connectivity index (χ0) is 25.7. The first kappa shape index (κ1) is 26.1. The molecule has 0 bridgehead atoms. The molecular weight excluding hydrogens is 476 g/mol. The average molecular weight is 513 g/mol. The second-order valence-electron chi connectivity index (χ2n) is 9.86. The molecule has 10 heteroatoms. The van der Waals surface area contributed by atoms with Crippen molar-refractivity contribution in [1.29, 1.82) is 0 Å². The number of nitrogens with zero attached hydrogens (tertiary/aromatic N) is 3. The fraction of sp³-hybridized carbons (Fsp3) is 0.538. The number of amides is 3. The quantitative estimate of drug-likeness (QED) is 0.498. The molecule has 5 N–H and O–H groups in total. The number of benzene rings is 1. The third-order valence-corrected chi connectivity index (χ3v) is 8.19. The summed E-state index contributed by atoms with van der Waals surface area (Å²) in [5.41, 5.74) is 12.6. The molecule has 9 nitrogen and oxygen atoms in total. The Morgan fingerprint density at radius 3 is 2.39 bits per heavy atom. The minimum Gasteiger partial charge on any atom is -0.395 e. The van der Waals surface area contributed by atoms with Crippen LogP contribution in [0.4, 0.5) is 5.69 Å². The molecule has 2 aromatic rings. The van der Waals surface area contributed by atoms with E-state index in [1.165, 1.54) is 12.0 Å². The minimum absolute atomic E-state index is 0.0103. The number of rotatable bonds is 8. The van der Waals surface area contributed by atoms with E-state index in [-0.39, 0.29) is 40.2 Å². The second kappa shape index (κ2) is 11.8. The van der Waals surface area contributed by atoms with Crippen LogP contribution in [0.15, 0.2) is 30.3 Å². The lowest BCUT2D eigenvalue weighted by Gasteiger charge is -2.41. The van der Waals surface area contributed by atoms with E-state index in [0.717, 1.165) is 69.7 Å². The molecule has 1 aliphatic heterocycles. The van der Waals surface area contributed by atoms with Crippen molar-refractivity contribution < 1.29 is 14.4 Å². The van der Waals surface area contributed by atoms with Crippen molar-refractivity contribution in [3.8, 4) is 0 Å². The van der Waals surface area contributed by atoms with Crippen molar-refractivity contribution in [2.75, 3.05) is 18.8 Å². The van der Waals surface area contributed by atoms with E-state index in [2.05, 4.69) is 26.7 Å². The lowest BCUT2D eigenvalue weighted by atomic mass is 9.95. The first-order valence-corrected chi connectivity index (χ1v) is 13.6. The van der Waals surface area contributed by atoms with Crippen LogP contribution in [-0.4, -0.2) is 63.1 Å². The van der Waals surface area contributed by atoms with Gasteiger partial charge in [0.15, 0.2) is 5.69 Å². The van der Waals surface area contributed by atoms with Gasteiger partial charge in [0, 0.05) is 31.7 Å². The molecule has 0 unspecified atom stereocenters. The number of likely N-dealkylation sites (tertiary alicyclic amines) is 1. The zero-order valence-corrected chi connectivity index (χ0v) is 21.6. The molecule has 194 valence electrons. The highest BCUT2D eigenvalue weighted by Crippen LogP contribution is 2.28. The first-order chi connectivity index (χ1) is 17.3. The smallest absolute Gasteiger partial charge is 0.270 e. The summed E-state index contributed by atoms with van der Waals surface area (Å²) in [5, 5.41) is 3.16. The van der Waals surface area contributed by atoms with E-state index in [0.29, 0.717) is 0 Å². The van der Waals surface area contributed by atoms with Crippen molar-refractivity contribution in [1.82, 2.24) is 19.5 Å². The predicted molar refractivity (Wildman–Crippen MR) is 140 cm³/mol. The molecule has 1 saturated carbocycles. The van der Waals surface area contributed by atoms with E-state index in [1.807, 2.05) is 18.2 Å². The van der Waals surface area contributed by atoms with E-state index in [4.69, 9.17) is 11.5 Å². The number of hydrogen-bond acceptors (Lipinski definition) is 7. The molecule has 36 heavy (non-hydrogen) atoms. The van der Waals surface area contributed by atoms with Gasteiger partial charge in [-0.1, -0.05) is 49.6 Å². The lowest BCUT2D eigenvalue weighted by Crippen LogP contribution is -2.56. The highest BCUT2D eigenvalue weighted by molar-refractivity contribution is 7.09. The van der Waals surface area contributed by atoms with Gasteiger partial charge in [0.05, 0.1) is 5.69 Å². The lowest BCUT2D eigenvalue weighted by molar-refractivity contribution is -0.127. The third kappa shape index (κ3) is 6.04. The number of nitrogens with one attached hydrogen (secondary N) is 1. The van der Waals surface area contributed by atoms with Gasteiger partial charge in [0.1, 0.15) is 10.9 Å². The number of nitrogens with two attached hydrogens (primary N) is 2. The number of aromatic nitrogens is 1. The first-order valence-electron chi connectivity index (χ1n) is 12.8. The molecule has 1 aliphatic carbocycles. The number of nitrogen functional groups attached to an aromatic ring is 1. The molecule has 2 aliphatic rings. The molecule has 1 aromatic carbocycles. The van der Waals surface area contributed by atoms with E-state index in [1.54, 1.807) is 11.8 Å². The van der Waals surface area contributed by atoms with Gasteiger partial charge in [-0.2, -0.15) is 4.37 Å². The summed E-state index contributed by atoms with van der Waals surface area (Å²) in [6, 6.07) is 9.65. The minimum atomic E-state index is -0.772. The van der Waals surface area contributed by atoms with Crippen LogP contribution in [0, 0.1) is 0 Å². The van der Waals surface area contributed by atoms with Gasteiger partial charge in [-0.25, -0.2) is 0 Å². The van der Waals surface area contributed by atoms with Crippen molar-refractivity contribution in [2.24, 2.45) is 5.73 Å². The van der Waals surface area contributed by atoms with Crippen LogP contribution in [0.2, 0.25) is 0 Å². The van der Waals surface area contributed by atoms with Crippen LogP contribution in [0.5, 0.6) is 0 Å². The van der Waals surface area contributed by atoms with Crippen molar-refractivity contribution in [3.63, 3.8) is 0 Å². The number of hydrogen-bond donors (Lipinski definition) is 3. The Labute approximate surface area is 216 Å². The zero-order valence-electron chi connectivity index (χ0n) is 20.8. The summed E-state index contributed by atoms with van der Waals surface area (Å²) in [7, 11) is 0. The molecule has 1 atom stereocenters. The molecule has 4 rings (SSSR count). The van der Waals surface area contributed by atoms with Gasteiger partial charge >= 0.3 is 0 Å². The number of carbonyl (C=O) groups excluding carboxylic acids is 3. The van der Waals surface area contributed by atoms with Gasteiger partial charge in [0.25, 0.3) is 11.8 Å². The maximum Gasteiger partial charge on any atom is 0.270 e. The van der Waals surface area contributed by atoms with Crippen LogP contribution < -0.4 is 16.8 Å². The molecule has 2 fully saturated rings. The van der Waals surface area contributed by atoms with Crippen LogP contribution in [0.1, 0.15) is 77.6 Å². The highest BCUT2D eigenvalue weighted by Gasteiger charge is 2.37. The summed E-state index contributed by atoms with van der Waals surface area (Å²) in [6.07, 6.45) is 6.81. The number of anilines is 1. The summed E-state index contributed by atoms with van der Waals surface area (Å²) in [5.74, 6) is -1.29. The second-order valence-corrected chi connectivity index (χ2v) is 10.6. The Hall–Kier alpha value is -2.98. The van der Waals surface area contributed by atoms with Crippen LogP contribution in [0.25, 0.3) is 0 Å². The van der Waals surface area contributed by atoms with Gasteiger partial charge in [-0.3, -0.25) is 19.3 Å². The largest absolute Gasteiger partial charge is 0.395 e. The summed E-state index contributed by atoms with van der Waals surface area (Å²) >= 11 is 0.863. The standard InChI is InChI=1S/C26H36N6O3S/c1-17(25(34)29-19-10-6-3-7-11-19)32(26(35)23-21(27)22(24(28)33)30-36-23)20-12-14-31(15-13-20)16-18-8-4-2-5-9-18/h2,4-5,8-9,17,19-20H,3,6-7,10-16,27H2,1H3,(H2,28,33)(H,29,34)/t17-/m0/s1. The SMILES string of the molecule is C[C@@H](C(=O)NC1CCCCC1)N(C(=O)c1snc(C(N)=O)c1N)C1CCN(Cc2ccccc2)CC1. The summed E-state index contributed by atoms with van der Waals surface area (Å²) < 4.78 is 4.01. The van der Waals surface area contributed by atoms with Gasteiger partial charge in [-0.05, 0) is 49.7 Å². The molecule has 1 saturated heterocycles. The van der Waals surface area contributed by atoms with Gasteiger partial charge in [0.2, 0.25) is 5.91 Å². The van der Waals surface area contributed by atoms with E-state index >= 15 is 0 Å². The topological polar surface area (TPSA) is 135 Å². The Bertz CT molecular complexity index is 1060. The molecular formula is C26H36N6O3S. The Kier molecular flexibility index (Phi) is 8.58. The molecule has 2 heterocycles. The third-order valence-electron chi connectivity index (χ3n) is 7.34. The summed E-state index contributed by atoms with van der Waals surface area (Å²) in [6.45, 7) is 4.25. The van der Waals surface area contributed by atoms with Crippen molar-refractivity contribution in [3.05, 3.63) is 46.5 Å². The van der Waals surface area contributed by atoms with E-state index < -0.39 is 11.9 Å². The number of carbonyl (C=O) groups is 3. The molecule has 1 aromatic heterocycles. The van der Waals surface area contributed by atoms with Crippen LogP contribution in [-0.2, 0) is 11.3 Å². The van der Waals surface area contributed by atoms with Crippen molar-refractivity contribution >= 4 is 34.9 Å². The Morgan fingerprint density at radius 1 is 1.11 bits per heavy atom. The monoisotopic (exact) mass is 512 g/mol. The molecule has 0 spiro atoms. The number of primary amides is 1.